The van der Waals surface area contributed by atoms with Gasteiger partial charge in [0.25, 0.3) is 0 Å². The number of fused-ring (bicyclic) bond motifs is 2. The van der Waals surface area contributed by atoms with Gasteiger partial charge in [-0.1, -0.05) is 0 Å². The quantitative estimate of drug-likeness (QED) is 0.461. The molecule has 9 nitrogen and oxygen atoms in total. The van der Waals surface area contributed by atoms with Crippen LogP contribution in [0.5, 0.6) is 17.2 Å². The molecular weight excluding hydrogens is 434 g/mol. The molecule has 9 heteroatoms. The number of urea groups is 1. The molecule has 4 N–H and O–H groups in total. The molecule has 3 heterocycles. The third-order valence-electron chi connectivity index (χ3n) is 6.98. The van der Waals surface area contributed by atoms with Gasteiger partial charge in [-0.05, 0) is 61.6 Å². The van der Waals surface area contributed by atoms with E-state index in [1.165, 1.54) is 0 Å². The highest BCUT2D eigenvalue weighted by molar-refractivity contribution is 5.93. The van der Waals surface area contributed by atoms with Crippen molar-refractivity contribution in [3.63, 3.8) is 0 Å². The second kappa shape index (κ2) is 7.44. The molecule has 3 aromatic rings. The lowest BCUT2D eigenvalue weighted by Crippen LogP contribution is -2.36. The number of amides is 3. The Bertz CT molecular complexity index is 1340. The van der Waals surface area contributed by atoms with Gasteiger partial charge in [0.2, 0.25) is 5.91 Å². The van der Waals surface area contributed by atoms with Gasteiger partial charge in [0, 0.05) is 35.9 Å². The molecule has 172 valence electrons. The highest BCUT2D eigenvalue weighted by atomic mass is 16.5. The molecule has 2 aromatic heterocycles. The fourth-order valence-corrected chi connectivity index (χ4v) is 4.91. The van der Waals surface area contributed by atoms with Crippen molar-refractivity contribution in [2.24, 2.45) is 5.92 Å². The number of aromatic nitrogens is 2. The first-order valence-corrected chi connectivity index (χ1v) is 11.2. The van der Waals surface area contributed by atoms with Crippen LogP contribution >= 0.6 is 0 Å². The predicted molar refractivity (Wildman–Crippen MR) is 124 cm³/mol. The Kier molecular flexibility index (Phi) is 4.48. The van der Waals surface area contributed by atoms with E-state index < -0.39 is 0 Å². The maximum absolute atomic E-state index is 12.6. The van der Waals surface area contributed by atoms with E-state index >= 15 is 0 Å². The minimum Gasteiger partial charge on any atom is -0.508 e. The van der Waals surface area contributed by atoms with Crippen LogP contribution in [-0.2, 0) is 11.2 Å². The van der Waals surface area contributed by atoms with Crippen LogP contribution in [0.2, 0.25) is 0 Å². The summed E-state index contributed by atoms with van der Waals surface area (Å²) in [6, 6.07) is 8.48. The van der Waals surface area contributed by atoms with Crippen molar-refractivity contribution >= 4 is 23.4 Å². The number of aromatic hydroxyl groups is 1. The Hall–Kier alpha value is -4.14. The predicted octanol–water partition coefficient (Wildman–Crippen LogP) is 3.85. The number of nitrogens with zero attached hydrogens (tertiary/aromatic N) is 2. The normalized spacial score (nSPS) is 23.7. The van der Waals surface area contributed by atoms with E-state index in [1.54, 1.807) is 36.8 Å². The van der Waals surface area contributed by atoms with Gasteiger partial charge in [0.05, 0.1) is 17.4 Å². The average Bonchev–Trinajstić information content (AvgIpc) is 3.67. The van der Waals surface area contributed by atoms with E-state index in [0.717, 1.165) is 23.1 Å². The van der Waals surface area contributed by atoms with Crippen molar-refractivity contribution in [1.82, 2.24) is 15.3 Å². The lowest BCUT2D eigenvalue weighted by atomic mass is 9.99. The Morgan fingerprint density at radius 3 is 2.94 bits per heavy atom. The number of ether oxygens (including phenoxy) is 1. The number of rotatable bonds is 5. The van der Waals surface area contributed by atoms with Crippen molar-refractivity contribution in [2.45, 2.75) is 37.6 Å². The monoisotopic (exact) mass is 457 g/mol. The van der Waals surface area contributed by atoms with Crippen LogP contribution in [0.15, 0.2) is 48.9 Å². The van der Waals surface area contributed by atoms with E-state index in [-0.39, 0.29) is 29.1 Å². The molecule has 0 saturated heterocycles. The number of pyridine rings is 2. The Morgan fingerprint density at radius 2 is 2.12 bits per heavy atom. The average molecular weight is 457 g/mol. The van der Waals surface area contributed by atoms with Gasteiger partial charge >= 0.3 is 6.03 Å². The number of hydrogen-bond donors (Lipinski definition) is 4. The first-order chi connectivity index (χ1) is 16.4. The first-order valence-electron chi connectivity index (χ1n) is 11.2. The van der Waals surface area contributed by atoms with Crippen molar-refractivity contribution in [3.05, 3.63) is 65.6 Å². The summed E-state index contributed by atoms with van der Waals surface area (Å²) in [5.74, 6) is 2.17. The van der Waals surface area contributed by atoms with Crippen LogP contribution in [-0.4, -0.2) is 32.6 Å². The van der Waals surface area contributed by atoms with Crippen LogP contribution in [0, 0.1) is 12.8 Å². The van der Waals surface area contributed by atoms with E-state index in [9.17, 15) is 14.7 Å². The minimum absolute atomic E-state index is 0.0300. The summed E-state index contributed by atoms with van der Waals surface area (Å²) in [6.45, 7) is 1.91. The summed E-state index contributed by atoms with van der Waals surface area (Å²) >= 11 is 0. The number of phenolic OH excluding ortho intramolecular Hbond substituents is 1. The van der Waals surface area contributed by atoms with Gasteiger partial charge in [-0.25, -0.2) is 9.78 Å². The zero-order valence-electron chi connectivity index (χ0n) is 18.5. The number of nitrogens with one attached hydrogen (secondary N) is 3. The number of hydrogen-bond acceptors (Lipinski definition) is 6. The molecule has 1 aliphatic heterocycles. The van der Waals surface area contributed by atoms with Gasteiger partial charge in [0.15, 0.2) is 0 Å². The van der Waals surface area contributed by atoms with Crippen LogP contribution in [0.25, 0.3) is 0 Å². The SMILES string of the molecule is Cc1ccncc1NC(=O)NC12CC1C2c1cc(Oc2ccnc3c2CCC(=O)N3)ccc1O. The summed E-state index contributed by atoms with van der Waals surface area (Å²) in [4.78, 5) is 32.5. The fraction of sp³-hybridized carbons (Fsp3) is 0.280. The van der Waals surface area contributed by atoms with E-state index in [2.05, 4.69) is 25.9 Å². The molecule has 2 aliphatic carbocycles. The molecule has 2 fully saturated rings. The lowest BCUT2D eigenvalue weighted by Gasteiger charge is -2.20. The van der Waals surface area contributed by atoms with Gasteiger partial charge in [-0.15, -0.1) is 0 Å². The van der Waals surface area contributed by atoms with Gasteiger partial charge in [-0.3, -0.25) is 9.78 Å². The van der Waals surface area contributed by atoms with E-state index in [1.807, 2.05) is 19.1 Å². The third kappa shape index (κ3) is 3.40. The Morgan fingerprint density at radius 1 is 1.24 bits per heavy atom. The topological polar surface area (TPSA) is 125 Å². The highest BCUT2D eigenvalue weighted by Gasteiger charge is 2.80. The molecule has 3 atom stereocenters. The molecule has 0 bridgehead atoms. The molecule has 3 amide bonds. The molecule has 1 aromatic carbocycles. The summed E-state index contributed by atoms with van der Waals surface area (Å²) in [7, 11) is 0. The molecule has 3 aliphatic rings. The zero-order valence-corrected chi connectivity index (χ0v) is 18.5. The largest absolute Gasteiger partial charge is 0.508 e. The molecule has 0 spiro atoms. The van der Waals surface area contributed by atoms with Gasteiger partial charge in [0.1, 0.15) is 23.1 Å². The van der Waals surface area contributed by atoms with Gasteiger partial charge < -0.3 is 25.8 Å². The summed E-state index contributed by atoms with van der Waals surface area (Å²) in [5, 5.41) is 19.3. The van der Waals surface area contributed by atoms with Crippen molar-refractivity contribution in [1.29, 1.82) is 0 Å². The Labute approximate surface area is 195 Å². The van der Waals surface area contributed by atoms with Crippen LogP contribution in [0.1, 0.15) is 35.4 Å². The molecule has 34 heavy (non-hydrogen) atoms. The third-order valence-corrected chi connectivity index (χ3v) is 6.98. The van der Waals surface area contributed by atoms with Crippen molar-refractivity contribution in [3.8, 4) is 17.2 Å². The number of carbonyl (C=O) groups excluding carboxylic acids is 2. The summed E-state index contributed by atoms with van der Waals surface area (Å²) < 4.78 is 6.13. The second-order valence-electron chi connectivity index (χ2n) is 9.11. The highest BCUT2D eigenvalue weighted by Crippen LogP contribution is 2.77. The molecule has 2 saturated carbocycles. The van der Waals surface area contributed by atoms with E-state index in [0.29, 0.717) is 41.8 Å². The Balaban J connectivity index is 1.18. The fourth-order valence-electron chi connectivity index (χ4n) is 4.91. The smallest absolute Gasteiger partial charge is 0.319 e. The second-order valence-corrected chi connectivity index (χ2v) is 9.11. The number of aryl methyl sites for hydroxylation is 1. The lowest BCUT2D eigenvalue weighted by molar-refractivity contribution is -0.116. The van der Waals surface area contributed by atoms with E-state index in [4.69, 9.17) is 4.74 Å². The summed E-state index contributed by atoms with van der Waals surface area (Å²) in [5.41, 5.74) is 2.87. The number of phenols is 1. The maximum atomic E-state index is 12.6. The van der Waals surface area contributed by atoms with Crippen LogP contribution in [0.3, 0.4) is 0 Å². The standard InChI is InChI=1S/C25H23N5O4/c1-13-6-8-26-12-18(13)28-24(33)30-25-11-17(25)22(25)16-10-14(2-4-19(16)31)34-20-7-9-27-23-15(20)3-5-21(32)29-23/h2,4,6-10,12,17,22,31H,3,5,11H2,1H3,(H,27,29,32)(H2,28,30,33). The zero-order chi connectivity index (χ0) is 23.4. The number of anilines is 2. The van der Waals surface area contributed by atoms with Gasteiger partial charge in [-0.2, -0.15) is 0 Å². The molecule has 0 radical (unpaired) electrons. The minimum atomic E-state index is -0.337. The number of benzene rings is 1. The van der Waals surface area contributed by atoms with Crippen LogP contribution in [0.4, 0.5) is 16.3 Å². The van der Waals surface area contributed by atoms with Crippen LogP contribution < -0.4 is 20.7 Å². The maximum Gasteiger partial charge on any atom is 0.319 e. The van der Waals surface area contributed by atoms with Crippen molar-refractivity contribution in [2.75, 3.05) is 10.6 Å². The number of carbonyl (C=O) groups is 2. The van der Waals surface area contributed by atoms with Crippen molar-refractivity contribution < 1.29 is 19.4 Å². The summed E-state index contributed by atoms with van der Waals surface area (Å²) in [6.07, 6.45) is 6.71. The molecule has 3 unspecified atom stereocenters. The molecular formula is C25H23N5O4. The molecule has 6 rings (SSSR count). The first kappa shape index (κ1) is 20.5.